The van der Waals surface area contributed by atoms with Crippen LogP contribution in [0.1, 0.15) is 0 Å². The van der Waals surface area contributed by atoms with Crippen molar-refractivity contribution in [2.24, 2.45) is 0 Å². The molecule has 0 aliphatic rings. The van der Waals surface area contributed by atoms with E-state index in [1.54, 1.807) is 0 Å². The Bertz CT molecular complexity index is 882. The van der Waals surface area contributed by atoms with Gasteiger partial charge in [0.1, 0.15) is 0 Å². The van der Waals surface area contributed by atoms with Crippen LogP contribution < -0.4 is 59.1 Å². The minimum absolute atomic E-state index is 0. The van der Waals surface area contributed by atoms with Gasteiger partial charge in [-0.15, -0.1) is 7.26 Å². The first kappa shape index (κ1) is 40.4. The molecular formula is C4H10Na2O22S4. The van der Waals surface area contributed by atoms with Crippen LogP contribution >= 0.6 is 0 Å². The molecule has 184 valence electrons. The van der Waals surface area contributed by atoms with Crippen molar-refractivity contribution in [3.8, 4) is 0 Å². The van der Waals surface area contributed by atoms with E-state index in [1.165, 1.54) is 0 Å². The second-order valence-electron chi connectivity index (χ2n) is 4.04. The minimum Gasteiger partial charge on any atom is -0.725 e. The van der Waals surface area contributed by atoms with Gasteiger partial charge in [-0.3, -0.25) is 0 Å². The molecular weight excluding hydrogens is 574 g/mol. The Morgan fingerprint density at radius 2 is 0.750 bits per heavy atom. The summed E-state index contributed by atoms with van der Waals surface area (Å²) in [6.07, 6.45) is -6.33. The van der Waals surface area contributed by atoms with Crippen molar-refractivity contribution in [2.45, 2.75) is 24.5 Å². The van der Waals surface area contributed by atoms with Crippen LogP contribution in [0.15, 0.2) is 0 Å². The summed E-state index contributed by atoms with van der Waals surface area (Å²) in [4.78, 5) is 0. The molecule has 0 rings (SSSR count). The summed E-state index contributed by atoms with van der Waals surface area (Å²) >= 11 is 0. The second-order valence-corrected chi connectivity index (χ2v) is 8.78. The Hall–Kier alpha value is 1.24. The van der Waals surface area contributed by atoms with Crippen LogP contribution in [0, 0.1) is 0 Å². The topological polar surface area (TPSA) is 381 Å². The van der Waals surface area contributed by atoms with Crippen molar-refractivity contribution in [1.29, 1.82) is 0 Å². The van der Waals surface area contributed by atoms with Crippen molar-refractivity contribution < 1.29 is 158 Å². The molecule has 0 saturated heterocycles. The average molecular weight is 584 g/mol. The summed E-state index contributed by atoms with van der Waals surface area (Å²) in [6, 6.07) is 0. The molecule has 0 aromatic rings. The van der Waals surface area contributed by atoms with E-state index in [-0.39, 0.29) is 59.1 Å². The van der Waals surface area contributed by atoms with Crippen molar-refractivity contribution in [1.82, 2.24) is 0 Å². The molecule has 0 aliphatic heterocycles. The Morgan fingerprint density at radius 1 is 0.562 bits per heavy atom. The van der Waals surface area contributed by atoms with E-state index in [0.29, 0.717) is 0 Å². The number of hydrogen-bond donors (Lipinski definition) is 8. The van der Waals surface area contributed by atoms with Crippen molar-refractivity contribution in [2.75, 3.05) is 0 Å². The Kier molecular flexibility index (Phi) is 17.8. The second kappa shape index (κ2) is 14.1. The standard InChI is InChI=1S/2C2H6O11S2.2Na/c2*3-1(2(4,5)6)12-15(10,11)13-14(7,8)9;;/h2*1,3-6H,(H,7,8,9);;/q;;2*+1/p-2. The molecule has 0 aromatic carbocycles. The van der Waals surface area contributed by atoms with Gasteiger partial charge in [0, 0.05) is 0 Å². The normalized spacial score (nSPS) is 15.3. The number of aliphatic hydroxyl groups excluding tert-OH is 2. The summed E-state index contributed by atoms with van der Waals surface area (Å²) in [6.45, 7) is 0. The van der Waals surface area contributed by atoms with E-state index in [1.807, 2.05) is 0 Å². The zero-order valence-electron chi connectivity index (χ0n) is 15.1. The first-order valence-corrected chi connectivity index (χ1v) is 10.9. The van der Waals surface area contributed by atoms with E-state index >= 15 is 0 Å². The smallest absolute Gasteiger partial charge is 0.725 e. The number of aliphatic hydroxyl groups is 8. The zero-order chi connectivity index (χ0) is 25.0. The fourth-order valence-electron chi connectivity index (χ4n) is 0.589. The van der Waals surface area contributed by atoms with E-state index < -0.39 is 66.1 Å². The Morgan fingerprint density at radius 3 is 0.875 bits per heavy atom. The molecule has 0 aliphatic carbocycles. The summed E-state index contributed by atoms with van der Waals surface area (Å²) in [5, 5.41) is 65.6. The van der Waals surface area contributed by atoms with E-state index in [9.17, 15) is 42.8 Å². The molecule has 0 fully saturated rings. The average Bonchev–Trinajstić information content (AvgIpc) is 2.28. The van der Waals surface area contributed by atoms with Crippen LogP contribution in [-0.2, 0) is 57.2 Å². The Labute approximate surface area is 222 Å². The number of hydrogen-bond acceptors (Lipinski definition) is 22. The third-order valence-corrected chi connectivity index (χ3v) is 4.92. The summed E-state index contributed by atoms with van der Waals surface area (Å²) in [5.74, 6) is -7.97. The third-order valence-electron chi connectivity index (χ3n) is 1.41. The van der Waals surface area contributed by atoms with Gasteiger partial charge in [0.05, 0.1) is 0 Å². The predicted octanol–water partition coefficient (Wildman–Crippen LogP) is -14.6. The molecule has 22 nitrogen and oxygen atoms in total. The molecule has 0 aromatic heterocycles. The van der Waals surface area contributed by atoms with E-state index in [0.717, 1.165) is 0 Å². The molecule has 2 unspecified atom stereocenters. The molecule has 28 heteroatoms. The maximum absolute atomic E-state index is 10.4. The van der Waals surface area contributed by atoms with Gasteiger partial charge in [0.25, 0.3) is 12.6 Å². The summed E-state index contributed by atoms with van der Waals surface area (Å²) in [7, 11) is -22.5. The van der Waals surface area contributed by atoms with Crippen molar-refractivity contribution in [3.05, 3.63) is 0 Å². The quantitative estimate of drug-likeness (QED) is 0.0511. The molecule has 8 N–H and O–H groups in total. The first-order chi connectivity index (χ1) is 12.7. The maximum Gasteiger partial charge on any atom is 1.00 e. The monoisotopic (exact) mass is 584 g/mol. The largest absolute Gasteiger partial charge is 1.00 e. The molecule has 2 atom stereocenters. The van der Waals surface area contributed by atoms with Crippen LogP contribution in [0.25, 0.3) is 0 Å². The van der Waals surface area contributed by atoms with Gasteiger partial charge in [-0.1, -0.05) is 0 Å². The molecule has 0 saturated carbocycles. The van der Waals surface area contributed by atoms with Gasteiger partial charge in [-0.05, 0) is 0 Å². The van der Waals surface area contributed by atoms with Gasteiger partial charge < -0.3 is 50.0 Å². The Balaban J connectivity index is -0.000000231. The summed E-state index contributed by atoms with van der Waals surface area (Å²) < 4.78 is 112. The third kappa shape index (κ3) is 23.0. The van der Waals surface area contributed by atoms with Crippen LogP contribution in [0.5, 0.6) is 0 Å². The van der Waals surface area contributed by atoms with E-state index in [2.05, 4.69) is 15.6 Å². The van der Waals surface area contributed by atoms with E-state index in [4.69, 9.17) is 40.9 Å². The fourth-order valence-corrected chi connectivity index (χ4v) is 3.18. The van der Waals surface area contributed by atoms with Crippen LogP contribution in [0.2, 0.25) is 0 Å². The van der Waals surface area contributed by atoms with Gasteiger partial charge in [-0.2, -0.15) is 16.8 Å². The zero-order valence-corrected chi connectivity index (χ0v) is 22.3. The van der Waals surface area contributed by atoms with Crippen molar-refractivity contribution in [3.63, 3.8) is 0 Å². The molecule has 0 spiro atoms. The fraction of sp³-hybridized carbons (Fsp3) is 1.00. The van der Waals surface area contributed by atoms with Gasteiger partial charge in [0.15, 0.2) is 0 Å². The van der Waals surface area contributed by atoms with Crippen LogP contribution in [-0.4, -0.2) is 108 Å². The molecule has 0 heterocycles. The summed E-state index contributed by atoms with van der Waals surface area (Å²) in [5.41, 5.74) is 0. The molecule has 0 radical (unpaired) electrons. The SMILES string of the molecule is O=S(=O)([O-])OS(=O)(=O)OC(O)C(O)(O)O.O=S(=O)([O-])OS(=O)(=O)OC(O)C(O)(O)O.[Na+].[Na+]. The van der Waals surface area contributed by atoms with Crippen LogP contribution in [0.4, 0.5) is 0 Å². The minimum atomic E-state index is -5.69. The first-order valence-electron chi connectivity index (χ1n) is 5.57. The molecule has 0 amide bonds. The van der Waals surface area contributed by atoms with Gasteiger partial charge in [0.2, 0.25) is 20.8 Å². The van der Waals surface area contributed by atoms with Gasteiger partial charge >= 0.3 is 91.9 Å². The molecule has 32 heavy (non-hydrogen) atoms. The van der Waals surface area contributed by atoms with Crippen LogP contribution in [0.3, 0.4) is 0 Å². The van der Waals surface area contributed by atoms with Gasteiger partial charge in [-0.25, -0.2) is 25.2 Å². The molecule has 0 bridgehead atoms. The number of rotatable bonds is 10. The maximum atomic E-state index is 10.4. The predicted molar refractivity (Wildman–Crippen MR) is 72.4 cm³/mol. The van der Waals surface area contributed by atoms with Crippen molar-refractivity contribution >= 4 is 41.6 Å².